The van der Waals surface area contributed by atoms with Crippen LogP contribution in [0.5, 0.6) is 0 Å². The molecule has 0 saturated carbocycles. The van der Waals surface area contributed by atoms with Gasteiger partial charge in [-0.1, -0.05) is 0 Å². The number of alkyl halides is 6. The molecule has 0 atom stereocenters. The summed E-state index contributed by atoms with van der Waals surface area (Å²) in [6, 6.07) is 1.21. The number of rotatable bonds is 2. The Labute approximate surface area is 122 Å². The maximum atomic E-state index is 12.7. The van der Waals surface area contributed by atoms with Crippen LogP contribution >= 0.6 is 0 Å². The van der Waals surface area contributed by atoms with Crippen LogP contribution in [0.1, 0.15) is 23.1 Å². The van der Waals surface area contributed by atoms with E-state index in [9.17, 15) is 31.1 Å². The summed E-state index contributed by atoms with van der Waals surface area (Å²) in [5, 5.41) is 0. The van der Waals surface area contributed by atoms with Crippen LogP contribution in [0.2, 0.25) is 0 Å². The number of amides is 1. The lowest BCUT2D eigenvalue weighted by molar-refractivity contribution is -0.143. The van der Waals surface area contributed by atoms with E-state index in [4.69, 9.17) is 0 Å². The summed E-state index contributed by atoms with van der Waals surface area (Å²) >= 11 is 0. The average Bonchev–Trinajstić information content (AvgIpc) is 2.32. The number of carbonyl (C=O) groups is 1. The van der Waals surface area contributed by atoms with Gasteiger partial charge in [-0.15, -0.1) is 0 Å². The highest BCUT2D eigenvalue weighted by molar-refractivity contribution is 5.92. The van der Waals surface area contributed by atoms with Crippen molar-refractivity contribution in [2.24, 2.45) is 0 Å². The van der Waals surface area contributed by atoms with Gasteiger partial charge in [0.05, 0.1) is 11.1 Å². The van der Waals surface area contributed by atoms with Gasteiger partial charge in [-0.25, -0.2) is 0 Å². The third-order valence-electron chi connectivity index (χ3n) is 3.20. The maximum Gasteiger partial charge on any atom is 0.416 e. The van der Waals surface area contributed by atoms with Crippen LogP contribution in [0.3, 0.4) is 0 Å². The first-order valence-corrected chi connectivity index (χ1v) is 6.34. The zero-order valence-electron chi connectivity index (χ0n) is 11.1. The van der Waals surface area contributed by atoms with Crippen molar-refractivity contribution in [1.29, 1.82) is 0 Å². The largest absolute Gasteiger partial charge is 0.416 e. The molecule has 0 aliphatic carbocycles. The number of hydrogen-bond donors (Lipinski definition) is 0. The minimum absolute atomic E-state index is 0.0502. The summed E-state index contributed by atoms with van der Waals surface area (Å²) in [6.45, 7) is 1.08. The molecule has 2 nitrogen and oxygen atoms in total. The first-order valence-electron chi connectivity index (χ1n) is 6.34. The van der Waals surface area contributed by atoms with Gasteiger partial charge in [-0.05, 0) is 36.3 Å². The molecule has 0 aromatic heterocycles. The van der Waals surface area contributed by atoms with E-state index in [0.717, 1.165) is 18.6 Å². The van der Waals surface area contributed by atoms with Gasteiger partial charge in [0.15, 0.2) is 0 Å². The topological polar surface area (TPSA) is 20.3 Å². The molecule has 1 aromatic rings. The fourth-order valence-electron chi connectivity index (χ4n) is 1.88. The predicted octanol–water partition coefficient (Wildman–Crippen LogP) is 3.97. The number of carbonyl (C=O) groups excluding carboxylic acids is 1. The van der Waals surface area contributed by atoms with Gasteiger partial charge >= 0.3 is 12.4 Å². The summed E-state index contributed by atoms with van der Waals surface area (Å²) in [4.78, 5) is 13.0. The molecule has 1 aliphatic heterocycles. The van der Waals surface area contributed by atoms with Crippen LogP contribution in [0, 0.1) is 0 Å². The zero-order chi connectivity index (χ0) is 16.5. The zero-order valence-corrected chi connectivity index (χ0v) is 11.1. The predicted molar refractivity (Wildman–Crippen MR) is 66.7 cm³/mol. The van der Waals surface area contributed by atoms with Gasteiger partial charge in [0.25, 0.3) is 0 Å². The lowest BCUT2D eigenvalue weighted by Gasteiger charge is -2.29. The van der Waals surface area contributed by atoms with Gasteiger partial charge in [0, 0.05) is 19.2 Å². The molecule has 1 amide bonds. The van der Waals surface area contributed by atoms with Crippen molar-refractivity contribution < 1.29 is 31.1 Å². The Kier molecular flexibility index (Phi) is 4.21. The Balaban J connectivity index is 2.33. The van der Waals surface area contributed by atoms with Crippen LogP contribution in [-0.2, 0) is 17.1 Å². The van der Waals surface area contributed by atoms with Crippen LogP contribution in [-0.4, -0.2) is 23.9 Å². The Morgan fingerprint density at radius 1 is 0.955 bits per heavy atom. The Hall–Kier alpha value is -1.99. The molecular weight excluding hydrogens is 312 g/mol. The molecule has 0 unspecified atom stereocenters. The summed E-state index contributed by atoms with van der Waals surface area (Å²) in [5.74, 6) is -0.433. The lowest BCUT2D eigenvalue weighted by atomic mass is 10.0. The van der Waals surface area contributed by atoms with Crippen molar-refractivity contribution in [3.8, 4) is 0 Å². The monoisotopic (exact) mass is 323 g/mol. The number of nitrogens with zero attached hydrogens (tertiary/aromatic N) is 1. The van der Waals surface area contributed by atoms with Crippen molar-refractivity contribution in [2.45, 2.75) is 18.8 Å². The Morgan fingerprint density at radius 2 is 1.45 bits per heavy atom. The molecule has 120 valence electrons. The van der Waals surface area contributed by atoms with Gasteiger partial charge in [0.2, 0.25) is 5.91 Å². The molecule has 22 heavy (non-hydrogen) atoms. The minimum atomic E-state index is -4.90. The summed E-state index contributed by atoms with van der Waals surface area (Å²) in [7, 11) is 0. The fourth-order valence-corrected chi connectivity index (χ4v) is 1.88. The van der Waals surface area contributed by atoms with Crippen molar-refractivity contribution in [2.75, 3.05) is 13.1 Å². The molecule has 1 heterocycles. The van der Waals surface area contributed by atoms with Crippen molar-refractivity contribution in [1.82, 2.24) is 4.90 Å². The molecule has 1 saturated heterocycles. The molecule has 0 bridgehead atoms. The van der Waals surface area contributed by atoms with Gasteiger partial charge < -0.3 is 4.90 Å². The number of halogens is 6. The highest BCUT2D eigenvalue weighted by Gasteiger charge is 2.36. The Morgan fingerprint density at radius 3 is 1.82 bits per heavy atom. The van der Waals surface area contributed by atoms with Crippen LogP contribution in [0.15, 0.2) is 24.3 Å². The second-order valence-corrected chi connectivity index (χ2v) is 4.85. The lowest BCUT2D eigenvalue weighted by Crippen LogP contribution is -2.40. The molecule has 1 fully saturated rings. The highest BCUT2D eigenvalue weighted by atomic mass is 19.4. The third-order valence-corrected chi connectivity index (χ3v) is 3.20. The Bertz CT molecular complexity index is 566. The van der Waals surface area contributed by atoms with E-state index in [1.165, 1.54) is 4.90 Å². The molecule has 0 N–H and O–H groups in total. The van der Waals surface area contributed by atoms with E-state index in [2.05, 4.69) is 0 Å². The second kappa shape index (κ2) is 5.66. The van der Waals surface area contributed by atoms with Crippen molar-refractivity contribution in [3.05, 3.63) is 41.0 Å². The van der Waals surface area contributed by atoms with Gasteiger partial charge in [0.1, 0.15) is 0 Å². The average molecular weight is 323 g/mol. The van der Waals surface area contributed by atoms with Gasteiger partial charge in [-0.3, -0.25) is 4.79 Å². The number of hydrogen-bond acceptors (Lipinski definition) is 1. The smallest absolute Gasteiger partial charge is 0.339 e. The molecule has 1 aliphatic rings. The van der Waals surface area contributed by atoms with E-state index >= 15 is 0 Å². The normalized spacial score (nSPS) is 16.0. The molecule has 0 spiro atoms. The first kappa shape index (κ1) is 16.4. The standard InChI is InChI=1S/C14H11F6NO/c15-13(16,17)10-6-9(7-11(8-10)14(18,19)20)2-3-12(22)21-4-1-5-21/h2-3,6-8H,1,4-5H2/b3-2+. The summed E-state index contributed by atoms with van der Waals surface area (Å²) < 4.78 is 76.0. The summed E-state index contributed by atoms with van der Waals surface area (Å²) in [6.07, 6.45) is -7.02. The van der Waals surface area contributed by atoms with E-state index < -0.39 is 29.4 Å². The van der Waals surface area contributed by atoms with E-state index in [-0.39, 0.29) is 11.6 Å². The van der Waals surface area contributed by atoms with E-state index in [1.807, 2.05) is 0 Å². The number of benzene rings is 1. The molecule has 2 rings (SSSR count). The van der Waals surface area contributed by atoms with E-state index in [1.54, 1.807) is 0 Å². The van der Waals surface area contributed by atoms with Crippen molar-refractivity contribution >= 4 is 12.0 Å². The highest BCUT2D eigenvalue weighted by Crippen LogP contribution is 2.36. The molecular formula is C14H11F6NO. The first-order chi connectivity index (χ1) is 10.1. The molecule has 8 heteroatoms. The molecule has 1 aromatic carbocycles. The van der Waals surface area contributed by atoms with Crippen LogP contribution in [0.25, 0.3) is 6.08 Å². The number of likely N-dealkylation sites (tertiary alicyclic amines) is 1. The van der Waals surface area contributed by atoms with E-state index in [0.29, 0.717) is 25.2 Å². The van der Waals surface area contributed by atoms with Crippen LogP contribution in [0.4, 0.5) is 26.3 Å². The molecule has 0 radical (unpaired) electrons. The quantitative estimate of drug-likeness (QED) is 0.596. The van der Waals surface area contributed by atoms with Crippen LogP contribution < -0.4 is 0 Å². The SMILES string of the molecule is O=C(/C=C/c1cc(C(F)(F)F)cc(C(F)(F)F)c1)N1CCC1. The second-order valence-electron chi connectivity index (χ2n) is 4.85. The van der Waals surface area contributed by atoms with Gasteiger partial charge in [-0.2, -0.15) is 26.3 Å². The maximum absolute atomic E-state index is 12.7. The van der Waals surface area contributed by atoms with Crippen molar-refractivity contribution in [3.63, 3.8) is 0 Å². The summed E-state index contributed by atoms with van der Waals surface area (Å²) in [5.41, 5.74) is -3.13. The minimum Gasteiger partial charge on any atom is -0.339 e. The third kappa shape index (κ3) is 3.80. The fraction of sp³-hybridized carbons (Fsp3) is 0.357.